The lowest BCUT2D eigenvalue weighted by Gasteiger charge is -2.30. The van der Waals surface area contributed by atoms with Crippen LogP contribution in [0.3, 0.4) is 0 Å². The maximum atomic E-state index is 10.9. The highest BCUT2D eigenvalue weighted by atomic mass is 79.9. The largest absolute Gasteiger partial charge is 0.465 e. The van der Waals surface area contributed by atoms with E-state index in [1.165, 1.54) is 0 Å². The van der Waals surface area contributed by atoms with Crippen molar-refractivity contribution in [3.8, 4) is 0 Å². The van der Waals surface area contributed by atoms with Gasteiger partial charge in [0.05, 0.1) is 10.7 Å². The smallest absolute Gasteiger partial charge is 0.404 e. The van der Waals surface area contributed by atoms with E-state index in [4.69, 9.17) is 9.84 Å². The molecule has 4 atom stereocenters. The molecule has 13 heavy (non-hydrogen) atoms. The molecule has 2 fully saturated rings. The molecule has 0 aromatic carbocycles. The molecule has 1 aliphatic carbocycles. The van der Waals surface area contributed by atoms with Crippen molar-refractivity contribution in [2.24, 2.45) is 5.92 Å². The van der Waals surface area contributed by atoms with Crippen LogP contribution in [0, 0.1) is 5.92 Å². The Morgan fingerprint density at radius 2 is 2.38 bits per heavy atom. The highest BCUT2D eigenvalue weighted by molar-refractivity contribution is 9.09. The molecule has 0 radical (unpaired) electrons. The first-order chi connectivity index (χ1) is 6.09. The Kier molecular flexibility index (Phi) is 1.94. The van der Waals surface area contributed by atoms with Crippen molar-refractivity contribution in [3.05, 3.63) is 0 Å². The summed E-state index contributed by atoms with van der Waals surface area (Å²) in [6.07, 6.45) is -0.682. The number of rotatable bonds is 1. The van der Waals surface area contributed by atoms with E-state index in [2.05, 4.69) is 21.2 Å². The molecular formula is C7H8BrNO4. The van der Waals surface area contributed by atoms with Crippen LogP contribution in [0.4, 0.5) is 4.79 Å². The van der Waals surface area contributed by atoms with E-state index < -0.39 is 6.09 Å². The Hall–Kier alpha value is -0.780. The summed E-state index contributed by atoms with van der Waals surface area (Å²) >= 11 is 3.31. The van der Waals surface area contributed by atoms with Gasteiger partial charge in [-0.25, -0.2) is 4.79 Å². The van der Waals surface area contributed by atoms with Crippen molar-refractivity contribution in [1.29, 1.82) is 0 Å². The first-order valence-electron chi connectivity index (χ1n) is 3.93. The number of carbonyl (C=O) groups excluding carboxylic acids is 1. The Labute approximate surface area is 82.6 Å². The molecule has 2 N–H and O–H groups in total. The van der Waals surface area contributed by atoms with Crippen LogP contribution in [0.2, 0.25) is 0 Å². The summed E-state index contributed by atoms with van der Waals surface area (Å²) in [6.45, 7) is 0. The third-order valence-electron chi connectivity index (χ3n) is 2.47. The van der Waals surface area contributed by atoms with E-state index in [9.17, 15) is 9.59 Å². The van der Waals surface area contributed by atoms with Gasteiger partial charge in [0.1, 0.15) is 6.10 Å². The molecule has 0 unspecified atom stereocenters. The minimum Gasteiger partial charge on any atom is -0.465 e. The van der Waals surface area contributed by atoms with Crippen molar-refractivity contribution in [3.63, 3.8) is 0 Å². The second-order valence-corrected chi connectivity index (χ2v) is 4.30. The number of carboxylic acid groups (broad SMARTS) is 1. The molecule has 1 saturated carbocycles. The Morgan fingerprint density at radius 3 is 2.85 bits per heavy atom. The molecule has 0 bridgehead atoms. The first-order valence-corrected chi connectivity index (χ1v) is 4.85. The molecule has 5 nitrogen and oxygen atoms in total. The van der Waals surface area contributed by atoms with Crippen LogP contribution in [-0.2, 0) is 9.53 Å². The lowest BCUT2D eigenvalue weighted by molar-refractivity contribution is -0.179. The average Bonchev–Trinajstić information content (AvgIpc) is 2.27. The summed E-state index contributed by atoms with van der Waals surface area (Å²) in [7, 11) is 0. The number of esters is 1. The van der Waals surface area contributed by atoms with Crippen LogP contribution >= 0.6 is 15.9 Å². The van der Waals surface area contributed by atoms with Crippen molar-refractivity contribution in [2.75, 3.05) is 0 Å². The van der Waals surface area contributed by atoms with Gasteiger partial charge in [-0.3, -0.25) is 4.79 Å². The molecule has 6 heteroatoms. The van der Waals surface area contributed by atoms with Gasteiger partial charge in [0.2, 0.25) is 0 Å². The second kappa shape index (κ2) is 2.87. The monoisotopic (exact) mass is 249 g/mol. The molecule has 0 aromatic rings. The van der Waals surface area contributed by atoms with Gasteiger partial charge in [-0.15, -0.1) is 0 Å². The van der Waals surface area contributed by atoms with E-state index in [1.807, 2.05) is 0 Å². The summed E-state index contributed by atoms with van der Waals surface area (Å²) in [5.41, 5.74) is 0. The molecule has 0 aromatic heterocycles. The molecule has 1 amide bonds. The number of alkyl halides is 1. The van der Waals surface area contributed by atoms with E-state index >= 15 is 0 Å². The molecule has 2 rings (SSSR count). The lowest BCUT2D eigenvalue weighted by Crippen LogP contribution is -2.46. The Morgan fingerprint density at radius 1 is 1.69 bits per heavy atom. The molecule has 0 spiro atoms. The Bertz CT molecular complexity index is 269. The van der Waals surface area contributed by atoms with E-state index in [0.717, 1.165) is 0 Å². The van der Waals surface area contributed by atoms with Gasteiger partial charge in [0.15, 0.2) is 0 Å². The van der Waals surface area contributed by atoms with Crippen molar-refractivity contribution >= 4 is 28.0 Å². The number of nitrogens with one attached hydrogen (secondary N) is 1. The minimum absolute atomic E-state index is 0.0914. The van der Waals surface area contributed by atoms with Crippen LogP contribution in [0.25, 0.3) is 0 Å². The highest BCUT2D eigenvalue weighted by Gasteiger charge is 2.55. The van der Waals surface area contributed by atoms with Crippen LogP contribution in [0.1, 0.15) is 6.42 Å². The van der Waals surface area contributed by atoms with Gasteiger partial charge in [-0.2, -0.15) is 0 Å². The van der Waals surface area contributed by atoms with Gasteiger partial charge in [0.25, 0.3) is 0 Å². The molecule has 1 aliphatic heterocycles. The predicted octanol–water partition coefficient (Wildman–Crippen LogP) is 0.331. The zero-order valence-electron chi connectivity index (χ0n) is 6.57. The zero-order chi connectivity index (χ0) is 9.59. The molecule has 1 saturated heterocycles. The van der Waals surface area contributed by atoms with Crippen LogP contribution < -0.4 is 5.32 Å². The summed E-state index contributed by atoms with van der Waals surface area (Å²) in [5, 5.41) is 10.8. The van der Waals surface area contributed by atoms with Gasteiger partial charge in [-0.1, -0.05) is 15.9 Å². The highest BCUT2D eigenvalue weighted by Crippen LogP contribution is 2.41. The quantitative estimate of drug-likeness (QED) is 0.519. The number of hydrogen-bond donors (Lipinski definition) is 2. The van der Waals surface area contributed by atoms with Crippen molar-refractivity contribution in [2.45, 2.75) is 23.4 Å². The zero-order valence-corrected chi connectivity index (χ0v) is 8.15. The van der Waals surface area contributed by atoms with Crippen LogP contribution in [-0.4, -0.2) is 34.1 Å². The van der Waals surface area contributed by atoms with Gasteiger partial charge in [0, 0.05) is 6.04 Å². The van der Waals surface area contributed by atoms with Gasteiger partial charge in [-0.05, 0) is 6.42 Å². The maximum absolute atomic E-state index is 10.9. The minimum atomic E-state index is -1.07. The van der Waals surface area contributed by atoms with E-state index in [-0.39, 0.29) is 28.9 Å². The average molecular weight is 250 g/mol. The SMILES string of the molecule is O=C(O)N[C@@H]1C[C@H]2C(=O)O[C@H]2[C@@H]1Br. The second-order valence-electron chi connectivity index (χ2n) is 3.24. The normalized spacial score (nSPS) is 41.8. The molecular weight excluding hydrogens is 242 g/mol. The van der Waals surface area contributed by atoms with Crippen LogP contribution in [0.5, 0.6) is 0 Å². The molecule has 72 valence electrons. The fourth-order valence-corrected chi connectivity index (χ4v) is 2.64. The third-order valence-corrected chi connectivity index (χ3v) is 3.63. The first kappa shape index (κ1) is 8.80. The number of ether oxygens (including phenoxy) is 1. The maximum Gasteiger partial charge on any atom is 0.404 e. The standard InChI is InChI=1S/C7H8BrNO4/c8-4-3(9-7(11)12)1-2-5(4)13-6(2)10/h2-5,9H,1H2,(H,11,12)/t2-,3-,4-,5-/m1/s1. The number of fused-ring (bicyclic) bond motifs is 1. The molecule has 2 aliphatic rings. The van der Waals surface area contributed by atoms with E-state index in [1.54, 1.807) is 0 Å². The topological polar surface area (TPSA) is 75.6 Å². The molecule has 1 heterocycles. The number of amides is 1. The van der Waals surface area contributed by atoms with Crippen LogP contribution in [0.15, 0.2) is 0 Å². The summed E-state index contributed by atoms with van der Waals surface area (Å²) in [4.78, 5) is 21.1. The summed E-state index contributed by atoms with van der Waals surface area (Å²) in [6, 6.07) is -0.223. The van der Waals surface area contributed by atoms with Crippen molar-refractivity contribution < 1.29 is 19.4 Å². The fraction of sp³-hybridized carbons (Fsp3) is 0.714. The predicted molar refractivity (Wildman–Crippen MR) is 45.7 cm³/mol. The Balaban J connectivity index is 2.01. The van der Waals surface area contributed by atoms with E-state index in [0.29, 0.717) is 6.42 Å². The lowest BCUT2D eigenvalue weighted by atomic mass is 10.0. The van der Waals surface area contributed by atoms with Gasteiger partial charge >= 0.3 is 12.1 Å². The fourth-order valence-electron chi connectivity index (χ4n) is 1.81. The number of halogens is 1. The summed E-state index contributed by atoms with van der Waals surface area (Å²) < 4.78 is 4.87. The number of carbonyl (C=O) groups is 2. The van der Waals surface area contributed by atoms with Crippen molar-refractivity contribution in [1.82, 2.24) is 5.32 Å². The van der Waals surface area contributed by atoms with Gasteiger partial charge < -0.3 is 15.2 Å². The number of hydrogen-bond acceptors (Lipinski definition) is 3. The summed E-state index contributed by atoms with van der Waals surface area (Å²) in [5.74, 6) is -0.342. The third kappa shape index (κ3) is 1.29.